The molecule has 0 aliphatic heterocycles. The van der Waals surface area contributed by atoms with E-state index in [1.807, 2.05) is 0 Å². The highest BCUT2D eigenvalue weighted by Crippen LogP contribution is 2.36. The second-order valence-electron chi connectivity index (χ2n) is 14.0. The van der Waals surface area contributed by atoms with Gasteiger partial charge >= 0.3 is 19.8 Å². The zero-order valence-electron chi connectivity index (χ0n) is 31.4. The fourth-order valence-electron chi connectivity index (χ4n) is 6.08. The van der Waals surface area contributed by atoms with Crippen LogP contribution in [0.15, 0.2) is 0 Å². The third-order valence-corrected chi connectivity index (χ3v) is 9.61. The zero-order valence-corrected chi connectivity index (χ0v) is 32.3. The van der Waals surface area contributed by atoms with E-state index >= 15 is 0 Å². The molecule has 0 aromatic rings. The van der Waals surface area contributed by atoms with Crippen molar-refractivity contribution in [2.75, 3.05) is 13.2 Å². The van der Waals surface area contributed by atoms with Crippen molar-refractivity contribution in [3.63, 3.8) is 0 Å². The van der Waals surface area contributed by atoms with Crippen LogP contribution in [0.4, 0.5) is 0 Å². The standard InChI is InChI=1S/C39H77O8P/c1-3-5-7-9-11-13-15-17-19-20-22-23-25-27-29-31-33-38(40)45-35-37(36-46-48(42,43)44)47-39(41)34-32-30-28-26-24-21-18-16-14-12-10-8-6-4-2/h37H,3-36H2,1-2H3,(H2,42,43,44)/t37-/m1/s1. The first-order valence-corrected chi connectivity index (χ1v) is 21.9. The Kier molecular flexibility index (Phi) is 35.2. The van der Waals surface area contributed by atoms with Crippen LogP contribution in [-0.4, -0.2) is 41.0 Å². The van der Waals surface area contributed by atoms with E-state index in [4.69, 9.17) is 19.3 Å². The van der Waals surface area contributed by atoms with Gasteiger partial charge in [0.2, 0.25) is 0 Å². The third kappa shape index (κ3) is 37.9. The van der Waals surface area contributed by atoms with E-state index in [9.17, 15) is 14.2 Å². The topological polar surface area (TPSA) is 119 Å². The number of ether oxygens (including phenoxy) is 2. The summed E-state index contributed by atoms with van der Waals surface area (Å²) in [6.07, 6.45) is 36.8. The minimum Gasteiger partial charge on any atom is -0.462 e. The van der Waals surface area contributed by atoms with Gasteiger partial charge in [-0.05, 0) is 12.8 Å². The molecule has 0 fully saturated rings. The number of phosphoric acid groups is 1. The number of carbonyl (C=O) groups is 2. The lowest BCUT2D eigenvalue weighted by atomic mass is 10.0. The van der Waals surface area contributed by atoms with Gasteiger partial charge in [-0.3, -0.25) is 14.1 Å². The molecule has 286 valence electrons. The first-order chi connectivity index (χ1) is 23.3. The maximum Gasteiger partial charge on any atom is 0.469 e. The molecular weight excluding hydrogens is 627 g/mol. The number of hydrogen-bond donors (Lipinski definition) is 2. The molecule has 48 heavy (non-hydrogen) atoms. The summed E-state index contributed by atoms with van der Waals surface area (Å²) in [6, 6.07) is 0. The summed E-state index contributed by atoms with van der Waals surface area (Å²) in [5.41, 5.74) is 0. The highest BCUT2D eigenvalue weighted by atomic mass is 31.2. The zero-order chi connectivity index (χ0) is 35.4. The maximum absolute atomic E-state index is 12.4. The van der Waals surface area contributed by atoms with Crippen LogP contribution in [0, 0.1) is 0 Å². The predicted octanol–water partition coefficient (Wildman–Crippen LogP) is 12.1. The lowest BCUT2D eigenvalue weighted by molar-refractivity contribution is -0.161. The summed E-state index contributed by atoms with van der Waals surface area (Å²) < 4.78 is 26.4. The first-order valence-electron chi connectivity index (χ1n) is 20.3. The van der Waals surface area contributed by atoms with Crippen LogP contribution in [-0.2, 0) is 28.2 Å². The number of esters is 2. The molecule has 0 aliphatic rings. The minimum atomic E-state index is -4.74. The van der Waals surface area contributed by atoms with Gasteiger partial charge in [-0.1, -0.05) is 194 Å². The van der Waals surface area contributed by atoms with Gasteiger partial charge in [0.15, 0.2) is 6.10 Å². The van der Waals surface area contributed by atoms with Crippen LogP contribution in [0.1, 0.15) is 219 Å². The lowest BCUT2D eigenvalue weighted by Crippen LogP contribution is -2.29. The van der Waals surface area contributed by atoms with Gasteiger partial charge in [-0.15, -0.1) is 0 Å². The largest absolute Gasteiger partial charge is 0.469 e. The van der Waals surface area contributed by atoms with E-state index in [0.717, 1.165) is 32.1 Å². The van der Waals surface area contributed by atoms with Gasteiger partial charge in [0, 0.05) is 12.8 Å². The van der Waals surface area contributed by atoms with E-state index < -0.39 is 32.5 Å². The minimum absolute atomic E-state index is 0.220. The van der Waals surface area contributed by atoms with Gasteiger partial charge < -0.3 is 19.3 Å². The Bertz CT molecular complexity index is 756. The molecule has 1 atom stereocenters. The molecule has 0 rings (SSSR count). The van der Waals surface area contributed by atoms with Crippen LogP contribution >= 0.6 is 7.82 Å². The Morgan fingerprint density at radius 2 is 0.750 bits per heavy atom. The molecule has 0 bridgehead atoms. The van der Waals surface area contributed by atoms with Gasteiger partial charge in [-0.25, -0.2) is 4.57 Å². The lowest BCUT2D eigenvalue weighted by Gasteiger charge is -2.18. The number of unbranched alkanes of at least 4 members (excludes halogenated alkanes) is 28. The fourth-order valence-corrected chi connectivity index (χ4v) is 6.44. The SMILES string of the molecule is CCCCCCCCCCCCCCCCCCC(=O)OC[C@H](COP(=O)(O)O)OC(=O)CCCCCCCCCCCCCCCC. The monoisotopic (exact) mass is 705 g/mol. The molecule has 0 radical (unpaired) electrons. The van der Waals surface area contributed by atoms with E-state index in [1.54, 1.807) is 0 Å². The highest BCUT2D eigenvalue weighted by Gasteiger charge is 2.22. The number of carbonyl (C=O) groups excluding carboxylic acids is 2. The molecule has 0 aromatic carbocycles. The molecule has 0 spiro atoms. The van der Waals surface area contributed by atoms with E-state index in [-0.39, 0.29) is 19.4 Å². The summed E-state index contributed by atoms with van der Waals surface area (Å²) in [5.74, 6) is -0.869. The molecule has 0 unspecified atom stereocenters. The van der Waals surface area contributed by atoms with Crippen LogP contribution in [0.2, 0.25) is 0 Å². The van der Waals surface area contributed by atoms with Crippen molar-refractivity contribution in [2.45, 2.75) is 225 Å². The molecule has 0 heterocycles. The van der Waals surface area contributed by atoms with Crippen LogP contribution in [0.25, 0.3) is 0 Å². The van der Waals surface area contributed by atoms with Crippen LogP contribution in [0.5, 0.6) is 0 Å². The van der Waals surface area contributed by atoms with Gasteiger partial charge in [0.1, 0.15) is 6.61 Å². The van der Waals surface area contributed by atoms with Crippen molar-refractivity contribution < 1.29 is 37.9 Å². The van der Waals surface area contributed by atoms with Crippen molar-refractivity contribution >= 4 is 19.8 Å². The molecule has 8 nitrogen and oxygen atoms in total. The Morgan fingerprint density at radius 3 is 1.06 bits per heavy atom. The maximum atomic E-state index is 12.4. The first kappa shape index (κ1) is 47.0. The summed E-state index contributed by atoms with van der Waals surface area (Å²) in [7, 11) is -4.74. The van der Waals surface area contributed by atoms with E-state index in [1.165, 1.54) is 154 Å². The quantitative estimate of drug-likeness (QED) is 0.0370. The molecule has 0 saturated heterocycles. The van der Waals surface area contributed by atoms with Crippen molar-refractivity contribution in [2.24, 2.45) is 0 Å². The third-order valence-electron chi connectivity index (χ3n) is 9.13. The number of phosphoric ester groups is 1. The van der Waals surface area contributed by atoms with Crippen molar-refractivity contribution in [1.82, 2.24) is 0 Å². The van der Waals surface area contributed by atoms with Gasteiger partial charge in [0.25, 0.3) is 0 Å². The number of hydrogen-bond acceptors (Lipinski definition) is 6. The predicted molar refractivity (Wildman–Crippen MR) is 198 cm³/mol. The molecule has 0 saturated carbocycles. The summed E-state index contributed by atoms with van der Waals surface area (Å²) in [4.78, 5) is 42.8. The van der Waals surface area contributed by atoms with Crippen molar-refractivity contribution in [1.29, 1.82) is 0 Å². The molecule has 0 aliphatic carbocycles. The molecule has 0 amide bonds. The van der Waals surface area contributed by atoms with Crippen molar-refractivity contribution in [3.8, 4) is 0 Å². The summed E-state index contributed by atoms with van der Waals surface area (Å²) in [6.45, 7) is 3.71. The summed E-state index contributed by atoms with van der Waals surface area (Å²) in [5, 5.41) is 0. The molecular formula is C39H77O8P. The van der Waals surface area contributed by atoms with E-state index in [2.05, 4.69) is 18.4 Å². The smallest absolute Gasteiger partial charge is 0.462 e. The average Bonchev–Trinajstić information content (AvgIpc) is 3.05. The molecule has 9 heteroatoms. The molecule has 0 aromatic heterocycles. The molecule has 2 N–H and O–H groups in total. The Labute approximate surface area is 295 Å². The van der Waals surface area contributed by atoms with Crippen LogP contribution in [0.3, 0.4) is 0 Å². The second-order valence-corrected chi connectivity index (χ2v) is 15.2. The van der Waals surface area contributed by atoms with Crippen molar-refractivity contribution in [3.05, 3.63) is 0 Å². The van der Waals surface area contributed by atoms with Gasteiger partial charge in [0.05, 0.1) is 6.61 Å². The average molecular weight is 705 g/mol. The normalized spacial score (nSPS) is 12.3. The fraction of sp³-hybridized carbons (Fsp3) is 0.949. The van der Waals surface area contributed by atoms with Crippen LogP contribution < -0.4 is 0 Å². The number of rotatable bonds is 38. The Morgan fingerprint density at radius 1 is 0.458 bits per heavy atom. The van der Waals surface area contributed by atoms with Gasteiger partial charge in [-0.2, -0.15) is 0 Å². The summed E-state index contributed by atoms with van der Waals surface area (Å²) >= 11 is 0. The van der Waals surface area contributed by atoms with E-state index in [0.29, 0.717) is 6.42 Å². The highest BCUT2D eigenvalue weighted by molar-refractivity contribution is 7.46. The Hall–Kier alpha value is -0.950. The Balaban J connectivity index is 3.87. The second kappa shape index (κ2) is 35.9.